The Bertz CT molecular complexity index is 1630. The number of esters is 1. The minimum absolute atomic E-state index is 0.108. The van der Waals surface area contributed by atoms with Crippen LogP contribution in [0.15, 0.2) is 42.7 Å². The Hall–Kier alpha value is -4.52. The summed E-state index contributed by atoms with van der Waals surface area (Å²) in [5.74, 6) is 1.55. The van der Waals surface area contributed by atoms with Crippen molar-refractivity contribution in [2.24, 2.45) is 5.92 Å². The Morgan fingerprint density at radius 1 is 1.05 bits per heavy atom. The van der Waals surface area contributed by atoms with E-state index in [1.165, 1.54) is 0 Å². The Kier molecular flexibility index (Phi) is 7.74. The molecule has 2 fully saturated rings. The van der Waals surface area contributed by atoms with Gasteiger partial charge in [0, 0.05) is 56.1 Å². The van der Waals surface area contributed by atoms with Crippen LogP contribution in [0.2, 0.25) is 0 Å². The zero-order chi connectivity index (χ0) is 29.2. The van der Waals surface area contributed by atoms with Crippen LogP contribution in [0.25, 0.3) is 27.8 Å². The van der Waals surface area contributed by atoms with E-state index in [4.69, 9.17) is 19.8 Å². The second kappa shape index (κ2) is 11.8. The van der Waals surface area contributed by atoms with Gasteiger partial charge in [-0.2, -0.15) is 10.4 Å². The zero-order valence-electron chi connectivity index (χ0n) is 24.5. The number of rotatable bonds is 7. The van der Waals surface area contributed by atoms with Gasteiger partial charge in [0.1, 0.15) is 11.6 Å². The molecule has 0 aromatic carbocycles. The third-order valence-corrected chi connectivity index (χ3v) is 8.16. The Balaban J connectivity index is 1.47. The predicted molar refractivity (Wildman–Crippen MR) is 162 cm³/mol. The first-order chi connectivity index (χ1) is 20.5. The lowest BCUT2D eigenvalue weighted by atomic mass is 9.97. The van der Waals surface area contributed by atoms with E-state index >= 15 is 0 Å². The van der Waals surface area contributed by atoms with Gasteiger partial charge in [0.15, 0.2) is 11.3 Å². The standard InChI is InChI=1S/C32H36N8O2/c1-4-42-32(41)26-18-25(23-7-8-27(35-20-23)39-15-10-22(19-33)11-16-39)29-30(21(2)3)37-40(31(29)36-26)24-9-12-34-28(17-24)38-13-5-6-14-38/h7-9,12,17-18,20-22H,4-6,10-11,13-16H2,1-3H3. The maximum absolute atomic E-state index is 13.0. The number of anilines is 2. The predicted octanol–water partition coefficient (Wildman–Crippen LogP) is 5.52. The average molecular weight is 565 g/mol. The van der Waals surface area contributed by atoms with Crippen molar-refractivity contribution in [3.05, 3.63) is 54.1 Å². The number of carbonyl (C=O) groups excluding carboxylic acids is 1. The Morgan fingerprint density at radius 2 is 1.81 bits per heavy atom. The molecule has 0 aliphatic carbocycles. The first-order valence-electron chi connectivity index (χ1n) is 14.9. The topological polar surface area (TPSA) is 113 Å². The van der Waals surface area contributed by atoms with Crippen LogP contribution in [-0.4, -0.2) is 63.5 Å². The van der Waals surface area contributed by atoms with E-state index in [0.717, 1.165) is 91.4 Å². The molecule has 0 saturated carbocycles. The van der Waals surface area contributed by atoms with E-state index in [9.17, 15) is 10.1 Å². The summed E-state index contributed by atoms with van der Waals surface area (Å²) >= 11 is 0. The van der Waals surface area contributed by atoms with Gasteiger partial charge in [0.25, 0.3) is 0 Å². The number of hydrogen-bond donors (Lipinski definition) is 0. The summed E-state index contributed by atoms with van der Waals surface area (Å²) in [7, 11) is 0. The van der Waals surface area contributed by atoms with Crippen molar-refractivity contribution >= 4 is 28.6 Å². The molecule has 0 N–H and O–H groups in total. The minimum atomic E-state index is -0.475. The first kappa shape index (κ1) is 27.6. The summed E-state index contributed by atoms with van der Waals surface area (Å²) in [5.41, 5.74) is 4.28. The van der Waals surface area contributed by atoms with Gasteiger partial charge in [0.05, 0.1) is 29.4 Å². The fourth-order valence-corrected chi connectivity index (χ4v) is 5.89. The number of nitrogens with zero attached hydrogens (tertiary/aromatic N) is 8. The normalized spacial score (nSPS) is 15.9. The molecule has 0 amide bonds. The Labute approximate surface area is 246 Å². The molecule has 4 aromatic heterocycles. The van der Waals surface area contributed by atoms with Crippen molar-refractivity contribution in [2.45, 2.75) is 52.4 Å². The lowest BCUT2D eigenvalue weighted by Crippen LogP contribution is -2.33. The van der Waals surface area contributed by atoms with Crippen LogP contribution >= 0.6 is 0 Å². The quantitative estimate of drug-likeness (QED) is 0.268. The van der Waals surface area contributed by atoms with Gasteiger partial charge in [-0.3, -0.25) is 0 Å². The molecule has 216 valence electrons. The van der Waals surface area contributed by atoms with E-state index in [0.29, 0.717) is 5.65 Å². The summed E-state index contributed by atoms with van der Waals surface area (Å²) in [6, 6.07) is 12.2. The monoisotopic (exact) mass is 564 g/mol. The van der Waals surface area contributed by atoms with Crippen molar-refractivity contribution in [3.8, 4) is 22.9 Å². The summed E-state index contributed by atoms with van der Waals surface area (Å²) in [6.45, 7) is 9.88. The van der Waals surface area contributed by atoms with E-state index in [1.807, 2.05) is 41.3 Å². The highest BCUT2D eigenvalue weighted by molar-refractivity contribution is 6.00. The van der Waals surface area contributed by atoms with Gasteiger partial charge < -0.3 is 14.5 Å². The summed E-state index contributed by atoms with van der Waals surface area (Å²) in [6.07, 6.45) is 7.68. The van der Waals surface area contributed by atoms with Crippen LogP contribution in [0.5, 0.6) is 0 Å². The second-order valence-corrected chi connectivity index (χ2v) is 11.3. The summed E-state index contributed by atoms with van der Waals surface area (Å²) < 4.78 is 7.21. The van der Waals surface area contributed by atoms with Crippen molar-refractivity contribution in [2.75, 3.05) is 42.6 Å². The van der Waals surface area contributed by atoms with Gasteiger partial charge in [-0.15, -0.1) is 0 Å². The highest BCUT2D eigenvalue weighted by Gasteiger charge is 2.25. The Morgan fingerprint density at radius 3 is 2.48 bits per heavy atom. The van der Waals surface area contributed by atoms with E-state index in [1.54, 1.807) is 13.0 Å². The van der Waals surface area contributed by atoms with Gasteiger partial charge in [-0.1, -0.05) is 13.8 Å². The third kappa shape index (κ3) is 5.27. The van der Waals surface area contributed by atoms with Crippen LogP contribution in [0.4, 0.5) is 11.6 Å². The van der Waals surface area contributed by atoms with Crippen molar-refractivity contribution in [1.29, 1.82) is 5.26 Å². The molecule has 6 rings (SSSR count). The molecule has 4 aromatic rings. The number of carbonyl (C=O) groups is 1. The van der Waals surface area contributed by atoms with E-state index < -0.39 is 5.97 Å². The van der Waals surface area contributed by atoms with Gasteiger partial charge in [-0.25, -0.2) is 24.4 Å². The molecule has 10 nitrogen and oxygen atoms in total. The SMILES string of the molecule is CCOC(=O)c1cc(-c2ccc(N3CCC(C#N)CC3)nc2)c2c(C(C)C)nn(-c3ccnc(N4CCCC4)c3)c2n1. The molecule has 2 aliphatic heterocycles. The number of aromatic nitrogens is 5. The maximum atomic E-state index is 13.0. The molecule has 10 heteroatoms. The average Bonchev–Trinajstić information content (AvgIpc) is 3.70. The van der Waals surface area contributed by atoms with Gasteiger partial charge in [0.2, 0.25) is 0 Å². The molecule has 0 unspecified atom stereocenters. The summed E-state index contributed by atoms with van der Waals surface area (Å²) in [4.78, 5) is 31.8. The van der Waals surface area contributed by atoms with Crippen LogP contribution in [0.1, 0.15) is 68.6 Å². The van der Waals surface area contributed by atoms with Crippen LogP contribution in [0, 0.1) is 17.2 Å². The van der Waals surface area contributed by atoms with Crippen LogP contribution in [0.3, 0.4) is 0 Å². The molecule has 42 heavy (non-hydrogen) atoms. The molecule has 2 saturated heterocycles. The number of hydrogen-bond acceptors (Lipinski definition) is 9. The fourth-order valence-electron chi connectivity index (χ4n) is 5.89. The fraction of sp³-hybridized carbons (Fsp3) is 0.438. The van der Waals surface area contributed by atoms with Crippen LogP contribution in [-0.2, 0) is 4.74 Å². The molecular formula is C32H36N8O2. The lowest BCUT2D eigenvalue weighted by Gasteiger charge is -2.30. The van der Waals surface area contributed by atoms with Gasteiger partial charge >= 0.3 is 5.97 Å². The van der Waals surface area contributed by atoms with E-state index in [2.05, 4.69) is 34.7 Å². The lowest BCUT2D eigenvalue weighted by molar-refractivity contribution is 0.0520. The molecule has 2 aliphatic rings. The molecule has 0 radical (unpaired) electrons. The largest absolute Gasteiger partial charge is 0.461 e. The molecule has 6 heterocycles. The molecule has 0 atom stereocenters. The van der Waals surface area contributed by atoms with Crippen molar-refractivity contribution in [1.82, 2.24) is 24.7 Å². The van der Waals surface area contributed by atoms with Gasteiger partial charge in [-0.05, 0) is 68.4 Å². The number of pyridine rings is 3. The number of fused-ring (bicyclic) bond motifs is 1. The zero-order valence-corrected chi connectivity index (χ0v) is 24.5. The third-order valence-electron chi connectivity index (χ3n) is 8.16. The molecular weight excluding hydrogens is 528 g/mol. The first-order valence-corrected chi connectivity index (χ1v) is 14.9. The number of nitriles is 1. The number of ether oxygens (including phenoxy) is 1. The van der Waals surface area contributed by atoms with Crippen molar-refractivity contribution in [3.63, 3.8) is 0 Å². The smallest absolute Gasteiger partial charge is 0.357 e. The highest BCUT2D eigenvalue weighted by Crippen LogP contribution is 2.36. The van der Waals surface area contributed by atoms with Crippen molar-refractivity contribution < 1.29 is 9.53 Å². The van der Waals surface area contributed by atoms with E-state index in [-0.39, 0.29) is 24.1 Å². The second-order valence-electron chi connectivity index (χ2n) is 11.3. The number of piperidine rings is 1. The van der Waals surface area contributed by atoms with Crippen LogP contribution < -0.4 is 9.80 Å². The minimum Gasteiger partial charge on any atom is -0.461 e. The maximum Gasteiger partial charge on any atom is 0.357 e. The molecule has 0 spiro atoms. The summed E-state index contributed by atoms with van der Waals surface area (Å²) in [5, 5.41) is 15.2. The molecule has 0 bridgehead atoms. The highest BCUT2D eigenvalue weighted by atomic mass is 16.5.